The van der Waals surface area contributed by atoms with E-state index in [0.29, 0.717) is 17.5 Å². The molecule has 2 atom stereocenters. The number of nitrogens with one attached hydrogen (secondary N) is 1. The Hall–Kier alpha value is -1.51. The molecule has 0 radical (unpaired) electrons. The molecule has 1 aromatic rings. The predicted molar refractivity (Wildman–Crippen MR) is 76.3 cm³/mol. The largest absolute Gasteiger partial charge is 0.508 e. The zero-order valence-electron chi connectivity index (χ0n) is 11.8. The molecule has 19 heavy (non-hydrogen) atoms. The molecule has 1 saturated carbocycles. The van der Waals surface area contributed by atoms with Crippen molar-refractivity contribution in [3.8, 4) is 5.75 Å². The van der Waals surface area contributed by atoms with Crippen molar-refractivity contribution in [1.82, 2.24) is 5.32 Å². The molecule has 2 N–H and O–H groups in total. The third kappa shape index (κ3) is 3.28. The van der Waals surface area contributed by atoms with Crippen LogP contribution in [0.5, 0.6) is 5.75 Å². The molecule has 1 aliphatic carbocycles. The van der Waals surface area contributed by atoms with E-state index in [9.17, 15) is 9.90 Å². The molecule has 0 saturated heterocycles. The van der Waals surface area contributed by atoms with Gasteiger partial charge in [0.2, 0.25) is 0 Å². The lowest BCUT2D eigenvalue weighted by Gasteiger charge is -2.31. The third-order valence-corrected chi connectivity index (χ3v) is 4.20. The van der Waals surface area contributed by atoms with Crippen LogP contribution in [0.1, 0.15) is 54.9 Å². The molecule has 3 heteroatoms. The number of aryl methyl sites for hydroxylation is 1. The first kappa shape index (κ1) is 13.9. The van der Waals surface area contributed by atoms with Gasteiger partial charge in [-0.2, -0.15) is 0 Å². The van der Waals surface area contributed by atoms with Gasteiger partial charge in [0.1, 0.15) is 5.75 Å². The SMILES string of the molecule is CCC1CCCCC1NC(=O)c1ccc(O)cc1C. The van der Waals surface area contributed by atoms with Crippen molar-refractivity contribution in [3.05, 3.63) is 29.3 Å². The molecule has 3 nitrogen and oxygen atoms in total. The normalized spacial score (nSPS) is 23.1. The van der Waals surface area contributed by atoms with Crippen LogP contribution in [-0.2, 0) is 0 Å². The van der Waals surface area contributed by atoms with Crippen molar-refractivity contribution in [2.45, 2.75) is 52.0 Å². The number of amides is 1. The molecule has 0 spiro atoms. The fourth-order valence-electron chi connectivity index (χ4n) is 3.04. The highest BCUT2D eigenvalue weighted by Crippen LogP contribution is 2.27. The lowest BCUT2D eigenvalue weighted by molar-refractivity contribution is 0.0904. The van der Waals surface area contributed by atoms with E-state index in [0.717, 1.165) is 18.4 Å². The summed E-state index contributed by atoms with van der Waals surface area (Å²) < 4.78 is 0. The highest BCUT2D eigenvalue weighted by Gasteiger charge is 2.25. The predicted octanol–water partition coefficient (Wildman–Crippen LogP) is 3.40. The summed E-state index contributed by atoms with van der Waals surface area (Å²) in [7, 11) is 0. The molecule has 2 rings (SSSR count). The van der Waals surface area contributed by atoms with Gasteiger partial charge in [0, 0.05) is 11.6 Å². The first-order valence-electron chi connectivity index (χ1n) is 7.22. The average Bonchev–Trinajstić information content (AvgIpc) is 2.39. The van der Waals surface area contributed by atoms with Crippen LogP contribution in [0.3, 0.4) is 0 Å². The summed E-state index contributed by atoms with van der Waals surface area (Å²) >= 11 is 0. The number of hydrogen-bond acceptors (Lipinski definition) is 2. The average molecular weight is 261 g/mol. The minimum Gasteiger partial charge on any atom is -0.508 e. The monoisotopic (exact) mass is 261 g/mol. The molecule has 1 amide bonds. The van der Waals surface area contributed by atoms with Crippen LogP contribution in [0.2, 0.25) is 0 Å². The van der Waals surface area contributed by atoms with Crippen molar-refractivity contribution in [1.29, 1.82) is 0 Å². The minimum atomic E-state index is -0.0112. The number of phenols is 1. The molecule has 104 valence electrons. The Morgan fingerprint density at radius 2 is 2.11 bits per heavy atom. The van der Waals surface area contributed by atoms with Crippen molar-refractivity contribution < 1.29 is 9.90 Å². The van der Waals surface area contributed by atoms with Crippen LogP contribution < -0.4 is 5.32 Å². The van der Waals surface area contributed by atoms with Gasteiger partial charge in [-0.15, -0.1) is 0 Å². The van der Waals surface area contributed by atoms with Gasteiger partial charge in [-0.3, -0.25) is 4.79 Å². The van der Waals surface area contributed by atoms with Gasteiger partial charge in [-0.05, 0) is 49.4 Å². The number of carbonyl (C=O) groups is 1. The van der Waals surface area contributed by atoms with Crippen molar-refractivity contribution >= 4 is 5.91 Å². The molecule has 2 unspecified atom stereocenters. The molecule has 0 heterocycles. The fourth-order valence-corrected chi connectivity index (χ4v) is 3.04. The quantitative estimate of drug-likeness (QED) is 0.876. The smallest absolute Gasteiger partial charge is 0.251 e. The second kappa shape index (κ2) is 6.09. The summed E-state index contributed by atoms with van der Waals surface area (Å²) in [5.41, 5.74) is 1.49. The Labute approximate surface area is 115 Å². The minimum absolute atomic E-state index is 0.0112. The van der Waals surface area contributed by atoms with Gasteiger partial charge >= 0.3 is 0 Å². The molecule has 0 bridgehead atoms. The maximum Gasteiger partial charge on any atom is 0.251 e. The molecule has 1 aliphatic rings. The van der Waals surface area contributed by atoms with Gasteiger partial charge < -0.3 is 10.4 Å². The van der Waals surface area contributed by atoms with Gasteiger partial charge in [0.15, 0.2) is 0 Å². The summed E-state index contributed by atoms with van der Waals surface area (Å²) in [4.78, 5) is 12.3. The van der Waals surface area contributed by atoms with Crippen LogP contribution in [0.15, 0.2) is 18.2 Å². The summed E-state index contributed by atoms with van der Waals surface area (Å²) in [5.74, 6) is 0.802. The molecule has 1 fully saturated rings. The highest BCUT2D eigenvalue weighted by atomic mass is 16.3. The van der Waals surface area contributed by atoms with Crippen LogP contribution in [0.25, 0.3) is 0 Å². The van der Waals surface area contributed by atoms with Crippen LogP contribution in [-0.4, -0.2) is 17.1 Å². The van der Waals surface area contributed by atoms with E-state index in [4.69, 9.17) is 0 Å². The summed E-state index contributed by atoms with van der Waals surface area (Å²) in [5, 5.41) is 12.6. The van der Waals surface area contributed by atoms with E-state index in [-0.39, 0.29) is 11.7 Å². The first-order valence-corrected chi connectivity index (χ1v) is 7.22. The number of phenolic OH excluding ortho intramolecular Hbond substituents is 1. The molecule has 0 aliphatic heterocycles. The maximum absolute atomic E-state index is 12.3. The van der Waals surface area contributed by atoms with Crippen molar-refractivity contribution in [2.75, 3.05) is 0 Å². The molecular formula is C16H23NO2. The van der Waals surface area contributed by atoms with Gasteiger partial charge in [0.05, 0.1) is 0 Å². The molecular weight excluding hydrogens is 238 g/mol. The van der Waals surface area contributed by atoms with Crippen LogP contribution in [0.4, 0.5) is 0 Å². The standard InChI is InChI=1S/C16H23NO2/c1-3-12-6-4-5-7-15(12)17-16(19)14-9-8-13(18)10-11(14)2/h8-10,12,15,18H,3-7H2,1-2H3,(H,17,19). The highest BCUT2D eigenvalue weighted by molar-refractivity contribution is 5.96. The van der Waals surface area contributed by atoms with Gasteiger partial charge in [-0.25, -0.2) is 0 Å². The summed E-state index contributed by atoms with van der Waals surface area (Å²) in [6, 6.07) is 5.20. The van der Waals surface area contributed by atoms with E-state index in [1.165, 1.54) is 19.3 Å². The van der Waals surface area contributed by atoms with E-state index in [1.807, 2.05) is 6.92 Å². The second-order valence-corrected chi connectivity index (χ2v) is 5.53. The van der Waals surface area contributed by atoms with Crippen LogP contribution in [0, 0.1) is 12.8 Å². The number of carbonyl (C=O) groups excluding carboxylic acids is 1. The number of rotatable bonds is 3. The molecule has 1 aromatic carbocycles. The Balaban J connectivity index is 2.07. The Bertz CT molecular complexity index is 456. The summed E-state index contributed by atoms with van der Waals surface area (Å²) in [6.07, 6.45) is 5.91. The van der Waals surface area contributed by atoms with E-state index in [2.05, 4.69) is 12.2 Å². The zero-order chi connectivity index (χ0) is 13.8. The maximum atomic E-state index is 12.3. The topological polar surface area (TPSA) is 49.3 Å². The van der Waals surface area contributed by atoms with Gasteiger partial charge in [0.25, 0.3) is 5.91 Å². The summed E-state index contributed by atoms with van der Waals surface area (Å²) in [6.45, 7) is 4.05. The van der Waals surface area contributed by atoms with E-state index in [1.54, 1.807) is 18.2 Å². The third-order valence-electron chi connectivity index (χ3n) is 4.20. The second-order valence-electron chi connectivity index (χ2n) is 5.53. The Kier molecular flexibility index (Phi) is 4.46. The zero-order valence-corrected chi connectivity index (χ0v) is 11.8. The van der Waals surface area contributed by atoms with Crippen molar-refractivity contribution in [3.63, 3.8) is 0 Å². The van der Waals surface area contributed by atoms with Crippen molar-refractivity contribution in [2.24, 2.45) is 5.92 Å². The van der Waals surface area contributed by atoms with Gasteiger partial charge in [-0.1, -0.05) is 26.2 Å². The lowest BCUT2D eigenvalue weighted by Crippen LogP contribution is -2.42. The lowest BCUT2D eigenvalue weighted by atomic mass is 9.82. The van der Waals surface area contributed by atoms with E-state index < -0.39 is 0 Å². The Morgan fingerprint density at radius 3 is 2.79 bits per heavy atom. The van der Waals surface area contributed by atoms with Crippen LogP contribution >= 0.6 is 0 Å². The fraction of sp³-hybridized carbons (Fsp3) is 0.562. The van der Waals surface area contributed by atoms with E-state index >= 15 is 0 Å². The molecule has 0 aromatic heterocycles. The number of benzene rings is 1. The first-order chi connectivity index (χ1) is 9.11. The number of aromatic hydroxyl groups is 1. The number of hydrogen-bond donors (Lipinski definition) is 2. The Morgan fingerprint density at radius 1 is 1.37 bits per heavy atom.